The van der Waals surface area contributed by atoms with Gasteiger partial charge >= 0.3 is 0 Å². The molecular weight excluding hydrogens is 260 g/mol. The van der Waals surface area contributed by atoms with Crippen molar-refractivity contribution >= 4 is 6.29 Å². The fourth-order valence-corrected chi connectivity index (χ4v) is 2.57. The molecule has 0 unspecified atom stereocenters. The Kier molecular flexibility index (Phi) is 3.60. The van der Waals surface area contributed by atoms with Crippen LogP contribution in [0.1, 0.15) is 19.4 Å². The van der Waals surface area contributed by atoms with Crippen LogP contribution in [0, 0.1) is 0 Å². The second-order valence-electron chi connectivity index (χ2n) is 5.47. The third kappa shape index (κ3) is 2.62. The summed E-state index contributed by atoms with van der Waals surface area (Å²) in [5, 5.41) is 0. The highest BCUT2D eigenvalue weighted by Crippen LogP contribution is 2.38. The molecule has 1 aromatic rings. The summed E-state index contributed by atoms with van der Waals surface area (Å²) in [5.74, 6) is -0.711. The van der Waals surface area contributed by atoms with Gasteiger partial charge in [0.15, 0.2) is 18.4 Å². The first-order chi connectivity index (χ1) is 9.59. The lowest BCUT2D eigenvalue weighted by Gasteiger charge is -2.23. The molecule has 1 aromatic carbocycles. The Morgan fingerprint density at radius 2 is 2.00 bits per heavy atom. The van der Waals surface area contributed by atoms with Gasteiger partial charge in [0.25, 0.3) is 0 Å². The first-order valence-corrected chi connectivity index (χ1v) is 6.71. The molecule has 108 valence electrons. The minimum absolute atomic E-state index is 0.371. The minimum Gasteiger partial charge on any atom is -0.367 e. The average molecular weight is 278 g/mol. The van der Waals surface area contributed by atoms with Gasteiger partial charge in [0, 0.05) is 0 Å². The second kappa shape index (κ2) is 5.26. The van der Waals surface area contributed by atoms with Gasteiger partial charge in [0.1, 0.15) is 18.3 Å². The third-order valence-corrected chi connectivity index (χ3v) is 3.45. The number of hydrogen-bond acceptors (Lipinski definition) is 5. The molecule has 0 N–H and O–H groups in total. The zero-order chi connectivity index (χ0) is 14.2. The molecule has 4 atom stereocenters. The molecule has 20 heavy (non-hydrogen) atoms. The maximum absolute atomic E-state index is 11.1. The van der Waals surface area contributed by atoms with Crippen LogP contribution in [0.4, 0.5) is 0 Å². The fourth-order valence-electron chi connectivity index (χ4n) is 2.57. The van der Waals surface area contributed by atoms with E-state index >= 15 is 0 Å². The average Bonchev–Trinajstić information content (AvgIpc) is 2.89. The molecule has 2 fully saturated rings. The third-order valence-electron chi connectivity index (χ3n) is 3.45. The van der Waals surface area contributed by atoms with Crippen molar-refractivity contribution in [2.45, 2.75) is 50.8 Å². The molecule has 5 nitrogen and oxygen atoms in total. The lowest BCUT2D eigenvalue weighted by atomic mass is 10.1. The molecule has 2 aliphatic heterocycles. The zero-order valence-corrected chi connectivity index (χ0v) is 11.5. The van der Waals surface area contributed by atoms with Gasteiger partial charge < -0.3 is 23.7 Å². The maximum Gasteiger partial charge on any atom is 0.190 e. The van der Waals surface area contributed by atoms with Crippen molar-refractivity contribution in [1.82, 2.24) is 0 Å². The smallest absolute Gasteiger partial charge is 0.190 e. The summed E-state index contributed by atoms with van der Waals surface area (Å²) >= 11 is 0. The normalized spacial score (nSPS) is 34.9. The predicted molar refractivity (Wildman–Crippen MR) is 69.8 cm³/mol. The standard InChI is InChI=1S/C15H18O5/c1-15(2)19-13-12(11(8-16)18-14(13)20-15)17-9-10-6-4-3-5-7-10/h3-8,11-14H,9H2,1-2H3/t11-,12+,13-,14-/m0/s1. The van der Waals surface area contributed by atoms with E-state index in [9.17, 15) is 4.79 Å². The predicted octanol–water partition coefficient (Wildman–Crippen LogP) is 1.65. The Hall–Kier alpha value is -1.27. The molecule has 0 radical (unpaired) electrons. The highest BCUT2D eigenvalue weighted by Gasteiger charge is 2.55. The Labute approximate surface area is 117 Å². The quantitative estimate of drug-likeness (QED) is 0.784. The van der Waals surface area contributed by atoms with Crippen molar-refractivity contribution in [2.24, 2.45) is 0 Å². The van der Waals surface area contributed by atoms with Gasteiger partial charge in [-0.15, -0.1) is 0 Å². The molecule has 2 aliphatic rings. The molecule has 0 amide bonds. The van der Waals surface area contributed by atoms with Gasteiger partial charge in [-0.25, -0.2) is 0 Å². The summed E-state index contributed by atoms with van der Waals surface area (Å²) in [5.41, 5.74) is 1.04. The van der Waals surface area contributed by atoms with Crippen LogP contribution in [-0.4, -0.2) is 36.7 Å². The summed E-state index contributed by atoms with van der Waals surface area (Å²) in [6, 6.07) is 9.78. The first kappa shape index (κ1) is 13.7. The summed E-state index contributed by atoms with van der Waals surface area (Å²) in [6.45, 7) is 4.05. The molecule has 0 saturated carbocycles. The van der Waals surface area contributed by atoms with Crippen LogP contribution in [0.2, 0.25) is 0 Å². The Bertz CT molecular complexity index is 472. The van der Waals surface area contributed by atoms with E-state index in [4.69, 9.17) is 18.9 Å². The molecule has 5 heteroatoms. The fraction of sp³-hybridized carbons (Fsp3) is 0.533. The highest BCUT2D eigenvalue weighted by molar-refractivity contribution is 5.58. The van der Waals surface area contributed by atoms with E-state index in [1.807, 2.05) is 44.2 Å². The van der Waals surface area contributed by atoms with Crippen LogP contribution in [-0.2, 0) is 30.3 Å². The van der Waals surface area contributed by atoms with Crippen molar-refractivity contribution in [2.75, 3.05) is 0 Å². The SMILES string of the molecule is CC1(C)O[C@@H]2O[C@@H](C=O)[C@@H](OCc3ccccc3)[C@@H]2O1. The van der Waals surface area contributed by atoms with Crippen LogP contribution in [0.5, 0.6) is 0 Å². The Morgan fingerprint density at radius 1 is 1.25 bits per heavy atom. The molecule has 0 aromatic heterocycles. The molecule has 2 heterocycles. The molecule has 3 rings (SSSR count). The highest BCUT2D eigenvalue weighted by atomic mass is 16.8. The van der Waals surface area contributed by atoms with E-state index in [-0.39, 0.29) is 6.10 Å². The van der Waals surface area contributed by atoms with Crippen molar-refractivity contribution < 1.29 is 23.7 Å². The van der Waals surface area contributed by atoms with Crippen LogP contribution in [0.25, 0.3) is 0 Å². The van der Waals surface area contributed by atoms with Gasteiger partial charge in [-0.2, -0.15) is 0 Å². The summed E-state index contributed by atoms with van der Waals surface area (Å²) < 4.78 is 22.7. The number of ether oxygens (including phenoxy) is 4. The van der Waals surface area contributed by atoms with E-state index in [1.54, 1.807) is 0 Å². The van der Waals surface area contributed by atoms with Gasteiger partial charge in [0.2, 0.25) is 0 Å². The topological polar surface area (TPSA) is 54.0 Å². The van der Waals surface area contributed by atoms with Crippen LogP contribution < -0.4 is 0 Å². The van der Waals surface area contributed by atoms with Crippen molar-refractivity contribution in [1.29, 1.82) is 0 Å². The molecule has 0 bridgehead atoms. The molecule has 2 saturated heterocycles. The van der Waals surface area contributed by atoms with E-state index in [0.717, 1.165) is 11.8 Å². The van der Waals surface area contributed by atoms with Crippen LogP contribution in [0.3, 0.4) is 0 Å². The number of fused-ring (bicyclic) bond motifs is 1. The van der Waals surface area contributed by atoms with Crippen molar-refractivity contribution in [3.8, 4) is 0 Å². The number of hydrogen-bond donors (Lipinski definition) is 0. The minimum atomic E-state index is -0.711. The second-order valence-corrected chi connectivity index (χ2v) is 5.47. The van der Waals surface area contributed by atoms with Gasteiger partial charge in [0.05, 0.1) is 6.61 Å². The Balaban J connectivity index is 1.68. The summed E-state index contributed by atoms with van der Waals surface area (Å²) in [4.78, 5) is 11.1. The monoisotopic (exact) mass is 278 g/mol. The molecular formula is C15H18O5. The number of aldehydes is 1. The first-order valence-electron chi connectivity index (χ1n) is 6.71. The number of rotatable bonds is 4. The summed E-state index contributed by atoms with van der Waals surface area (Å²) in [6.07, 6.45) is -1.26. The van der Waals surface area contributed by atoms with Gasteiger partial charge in [-0.1, -0.05) is 30.3 Å². The lowest BCUT2D eigenvalue weighted by Crippen LogP contribution is -2.37. The van der Waals surface area contributed by atoms with Crippen molar-refractivity contribution in [3.05, 3.63) is 35.9 Å². The van der Waals surface area contributed by atoms with E-state index in [1.165, 1.54) is 0 Å². The van der Waals surface area contributed by atoms with Gasteiger partial charge in [-0.3, -0.25) is 0 Å². The molecule has 0 aliphatic carbocycles. The number of carbonyl (C=O) groups is 1. The Morgan fingerprint density at radius 3 is 2.70 bits per heavy atom. The number of benzene rings is 1. The van der Waals surface area contributed by atoms with E-state index < -0.39 is 24.3 Å². The molecule has 0 spiro atoms. The van der Waals surface area contributed by atoms with Crippen LogP contribution in [0.15, 0.2) is 30.3 Å². The van der Waals surface area contributed by atoms with Gasteiger partial charge in [-0.05, 0) is 19.4 Å². The number of carbonyl (C=O) groups excluding carboxylic acids is 1. The maximum atomic E-state index is 11.1. The lowest BCUT2D eigenvalue weighted by molar-refractivity contribution is -0.216. The largest absolute Gasteiger partial charge is 0.367 e. The van der Waals surface area contributed by atoms with Crippen LogP contribution >= 0.6 is 0 Å². The van der Waals surface area contributed by atoms with E-state index in [2.05, 4.69) is 0 Å². The van der Waals surface area contributed by atoms with E-state index in [0.29, 0.717) is 6.61 Å². The zero-order valence-electron chi connectivity index (χ0n) is 11.5. The van der Waals surface area contributed by atoms with Crippen molar-refractivity contribution in [3.63, 3.8) is 0 Å². The summed E-state index contributed by atoms with van der Waals surface area (Å²) in [7, 11) is 0.